The third-order valence-electron chi connectivity index (χ3n) is 10.1. The van der Waals surface area contributed by atoms with Crippen LogP contribution in [0.25, 0.3) is 0 Å². The van der Waals surface area contributed by atoms with E-state index in [1.165, 1.54) is 20.8 Å². The molecule has 0 aromatic rings. The number of carbonyl (C=O) groups is 6. The lowest BCUT2D eigenvalue weighted by Crippen LogP contribution is -2.76. The van der Waals surface area contributed by atoms with Crippen molar-refractivity contribution in [2.75, 3.05) is 0 Å². The monoisotopic (exact) mass is 576 g/mol. The Balaban J connectivity index is 2.13. The molecule has 4 saturated carbocycles. The fraction of sp³-hybridized carbons (Fsp3) is 0.733. The Kier molecular flexibility index (Phi) is 7.45. The van der Waals surface area contributed by atoms with Crippen molar-refractivity contribution >= 4 is 35.6 Å². The lowest BCUT2D eigenvalue weighted by Gasteiger charge is -2.68. The molecule has 0 saturated heterocycles. The molecule has 1 spiro atoms. The van der Waals surface area contributed by atoms with Crippen molar-refractivity contribution in [1.29, 1.82) is 0 Å². The topological polar surface area (TPSA) is 149 Å². The quantitative estimate of drug-likeness (QED) is 0.270. The Bertz CT molecular complexity index is 1220. The Morgan fingerprint density at radius 1 is 0.780 bits per heavy atom. The minimum absolute atomic E-state index is 0.142. The average Bonchev–Trinajstić information content (AvgIpc) is 2.91. The van der Waals surface area contributed by atoms with Crippen LogP contribution in [0.3, 0.4) is 0 Å². The highest BCUT2D eigenvalue weighted by Gasteiger charge is 2.85. The molecule has 11 nitrogen and oxygen atoms in total. The van der Waals surface area contributed by atoms with Gasteiger partial charge in [-0.25, -0.2) is 0 Å². The second-order valence-corrected chi connectivity index (χ2v) is 12.9. The zero-order valence-electron chi connectivity index (χ0n) is 25.0. The van der Waals surface area contributed by atoms with Gasteiger partial charge in [-0.3, -0.25) is 28.8 Å². The zero-order chi connectivity index (χ0) is 30.9. The van der Waals surface area contributed by atoms with E-state index in [9.17, 15) is 28.8 Å². The summed E-state index contributed by atoms with van der Waals surface area (Å²) in [6.45, 7) is 16.1. The molecule has 9 atom stereocenters. The number of rotatable bonds is 5. The van der Waals surface area contributed by atoms with Crippen LogP contribution in [-0.4, -0.2) is 65.6 Å². The predicted octanol–water partition coefficient (Wildman–Crippen LogP) is 3.01. The molecule has 226 valence electrons. The number of Topliss-reactive ketones (excluding diaryl/α,β-unsaturated/α-hetero) is 1. The van der Waals surface area contributed by atoms with Crippen LogP contribution < -0.4 is 0 Å². The van der Waals surface area contributed by atoms with Crippen molar-refractivity contribution < 1.29 is 52.5 Å². The average molecular weight is 577 g/mol. The molecule has 2 unspecified atom stereocenters. The van der Waals surface area contributed by atoms with Gasteiger partial charge in [-0.15, -0.1) is 0 Å². The van der Waals surface area contributed by atoms with Crippen LogP contribution in [0.5, 0.6) is 0 Å². The summed E-state index contributed by atoms with van der Waals surface area (Å²) >= 11 is 0. The Morgan fingerprint density at radius 3 is 1.83 bits per heavy atom. The number of hydrogen-bond donors (Lipinski definition) is 0. The van der Waals surface area contributed by atoms with Crippen molar-refractivity contribution in [3.05, 3.63) is 12.2 Å². The summed E-state index contributed by atoms with van der Waals surface area (Å²) in [5, 5.41) is 0. The summed E-state index contributed by atoms with van der Waals surface area (Å²) in [5.74, 6) is -5.25. The van der Waals surface area contributed by atoms with Gasteiger partial charge in [0.2, 0.25) is 0 Å². The summed E-state index contributed by atoms with van der Waals surface area (Å²) in [5.41, 5.74) is -5.30. The van der Waals surface area contributed by atoms with Crippen molar-refractivity contribution in [2.45, 2.75) is 111 Å². The predicted molar refractivity (Wildman–Crippen MR) is 141 cm³/mol. The number of ether oxygens (including phenoxy) is 5. The largest absolute Gasteiger partial charge is 0.462 e. The first kappa shape index (κ1) is 30.7. The molecule has 4 aliphatic rings. The first-order valence-electron chi connectivity index (χ1n) is 14.0. The highest BCUT2D eigenvalue weighted by Crippen LogP contribution is 2.74. The molecule has 4 fully saturated rings. The lowest BCUT2D eigenvalue weighted by atomic mass is 9.38. The molecule has 0 heterocycles. The Morgan fingerprint density at radius 2 is 1.32 bits per heavy atom. The van der Waals surface area contributed by atoms with E-state index in [4.69, 9.17) is 23.7 Å². The highest BCUT2D eigenvalue weighted by molar-refractivity contribution is 6.07. The van der Waals surface area contributed by atoms with Crippen LogP contribution >= 0.6 is 0 Å². The SMILES string of the molecule is C=C1C(=O)[C@@]23C(C(OC(C)=O)C[C@]1(OC(C)=O)[C@H]2OC(C)=O)[C@@]1(C)[C@H](C[C@H]3OC(C)=O)C(C)(C)CC[C@H]1OC(C)=O. The van der Waals surface area contributed by atoms with Gasteiger partial charge in [0.1, 0.15) is 23.7 Å². The van der Waals surface area contributed by atoms with E-state index in [-0.39, 0.29) is 29.7 Å². The second kappa shape index (κ2) is 9.94. The third-order valence-corrected chi connectivity index (χ3v) is 10.1. The second-order valence-electron chi connectivity index (χ2n) is 12.9. The maximum atomic E-state index is 14.7. The van der Waals surface area contributed by atoms with Gasteiger partial charge in [0, 0.05) is 57.9 Å². The van der Waals surface area contributed by atoms with E-state index in [1.54, 1.807) is 0 Å². The standard InChI is InChI=1S/C30H40O11/c1-14-25(36)30-23(39-17(4)33)12-21-27(7,8)11-10-22(38-16(3)32)28(21,9)24(30)20(37-15(2)31)13-29(14,41-19(6)35)26(30)40-18(5)34/h20-24,26H,1,10-13H2,2-9H3/t20?,21-,22-,23-,24?,26-,28+,29-,30-/m1/s1. The van der Waals surface area contributed by atoms with Crippen molar-refractivity contribution in [3.8, 4) is 0 Å². The van der Waals surface area contributed by atoms with E-state index in [2.05, 4.69) is 20.4 Å². The number of carbonyl (C=O) groups excluding carboxylic acids is 6. The molecule has 0 radical (unpaired) electrons. The number of esters is 5. The van der Waals surface area contributed by atoms with Crippen LogP contribution in [0.2, 0.25) is 0 Å². The molecule has 41 heavy (non-hydrogen) atoms. The molecular weight excluding hydrogens is 536 g/mol. The molecule has 0 amide bonds. The summed E-state index contributed by atoms with van der Waals surface area (Å²) in [6.07, 6.45) is -3.36. The lowest BCUT2D eigenvalue weighted by molar-refractivity contribution is -0.299. The van der Waals surface area contributed by atoms with Crippen LogP contribution in [0, 0.1) is 28.1 Å². The van der Waals surface area contributed by atoms with E-state index < -0.39 is 82.4 Å². The number of fused-ring (bicyclic) bond motifs is 3. The van der Waals surface area contributed by atoms with Crippen molar-refractivity contribution in [1.82, 2.24) is 0 Å². The Hall–Kier alpha value is -3.24. The number of ketones is 1. The minimum Gasteiger partial charge on any atom is -0.462 e. The molecule has 2 bridgehead atoms. The first-order chi connectivity index (χ1) is 18.8. The third kappa shape index (κ3) is 4.37. The minimum atomic E-state index is -1.88. The normalized spacial score (nSPS) is 40.4. The van der Waals surface area contributed by atoms with Gasteiger partial charge in [-0.05, 0) is 30.6 Å². The molecule has 0 N–H and O–H groups in total. The molecular formula is C30H40O11. The zero-order valence-corrected chi connectivity index (χ0v) is 25.0. The van der Waals surface area contributed by atoms with Crippen molar-refractivity contribution in [3.63, 3.8) is 0 Å². The van der Waals surface area contributed by atoms with Gasteiger partial charge in [0.25, 0.3) is 0 Å². The summed E-state index contributed by atoms with van der Waals surface area (Å²) in [4.78, 5) is 77.5. The molecule has 11 heteroatoms. The highest BCUT2D eigenvalue weighted by atomic mass is 16.6. The molecule has 0 aromatic heterocycles. The molecule has 4 rings (SSSR count). The van der Waals surface area contributed by atoms with E-state index in [1.807, 2.05) is 6.92 Å². The van der Waals surface area contributed by atoms with Gasteiger partial charge in [0.15, 0.2) is 17.5 Å². The van der Waals surface area contributed by atoms with Gasteiger partial charge in [-0.1, -0.05) is 27.4 Å². The van der Waals surface area contributed by atoms with Gasteiger partial charge in [-0.2, -0.15) is 0 Å². The first-order valence-corrected chi connectivity index (χ1v) is 14.0. The molecule has 0 aromatic carbocycles. The van der Waals surface area contributed by atoms with E-state index in [0.717, 1.165) is 13.8 Å². The molecule has 0 aliphatic heterocycles. The summed E-state index contributed by atoms with van der Waals surface area (Å²) < 4.78 is 29.5. The summed E-state index contributed by atoms with van der Waals surface area (Å²) in [7, 11) is 0. The summed E-state index contributed by atoms with van der Waals surface area (Å²) in [6, 6.07) is 0. The maximum Gasteiger partial charge on any atom is 0.303 e. The van der Waals surface area contributed by atoms with Gasteiger partial charge in [0.05, 0.1) is 0 Å². The van der Waals surface area contributed by atoms with Crippen LogP contribution in [-0.2, 0) is 52.5 Å². The van der Waals surface area contributed by atoms with E-state index >= 15 is 0 Å². The van der Waals surface area contributed by atoms with Crippen LogP contribution in [0.15, 0.2) is 12.2 Å². The van der Waals surface area contributed by atoms with Gasteiger partial charge < -0.3 is 23.7 Å². The van der Waals surface area contributed by atoms with E-state index in [0.29, 0.717) is 12.8 Å². The molecule has 4 aliphatic carbocycles. The van der Waals surface area contributed by atoms with Crippen LogP contribution in [0.1, 0.15) is 81.1 Å². The fourth-order valence-corrected chi connectivity index (χ4v) is 9.09. The smallest absolute Gasteiger partial charge is 0.303 e. The number of hydrogen-bond acceptors (Lipinski definition) is 11. The van der Waals surface area contributed by atoms with Crippen LogP contribution in [0.4, 0.5) is 0 Å². The Labute approximate surface area is 239 Å². The maximum absolute atomic E-state index is 14.7. The van der Waals surface area contributed by atoms with Crippen molar-refractivity contribution in [2.24, 2.45) is 28.1 Å². The van der Waals surface area contributed by atoms with Gasteiger partial charge >= 0.3 is 29.8 Å². The fourth-order valence-electron chi connectivity index (χ4n) is 9.09.